The lowest BCUT2D eigenvalue weighted by Crippen LogP contribution is -2.27. The van der Waals surface area contributed by atoms with Crippen molar-refractivity contribution >= 4 is 28.3 Å². The molecule has 1 amide bonds. The van der Waals surface area contributed by atoms with Crippen molar-refractivity contribution < 1.29 is 28.0 Å². The highest BCUT2D eigenvalue weighted by molar-refractivity contribution is 5.98. The van der Waals surface area contributed by atoms with Gasteiger partial charge < -0.3 is 15.8 Å². The summed E-state index contributed by atoms with van der Waals surface area (Å²) in [6, 6.07) is 14.4. The molecule has 3 aromatic carbocycles. The summed E-state index contributed by atoms with van der Waals surface area (Å²) in [6.45, 7) is -8.74. The standard InChI is InChI=1S/C28H27N3O3/c1-18-3-10-25(19(2)13-18)28(33)34-17-20-4-6-21(7-5-20)26(15-29)27(32)31-24-9-8-23-16-30-12-11-22(23)14-24/h3-14,16,26H,15,17,29H2,1-2H3,(H,31,32)/t26-/m1/s1/i1D3,2D3,16D,17D2,26D. The summed E-state index contributed by atoms with van der Waals surface area (Å²) in [7, 11) is 0. The van der Waals surface area contributed by atoms with Gasteiger partial charge in [-0.05, 0) is 60.0 Å². The van der Waals surface area contributed by atoms with Gasteiger partial charge in [0.05, 0.1) is 15.6 Å². The number of esters is 1. The molecule has 34 heavy (non-hydrogen) atoms. The Kier molecular flexibility index (Phi) is 4.12. The zero-order valence-electron chi connectivity index (χ0n) is 27.9. The highest BCUT2D eigenvalue weighted by Crippen LogP contribution is 2.22. The minimum Gasteiger partial charge on any atom is -0.457 e. The molecule has 6 heteroatoms. The highest BCUT2D eigenvalue weighted by Gasteiger charge is 2.19. The number of benzene rings is 3. The molecular formula is C28H27N3O3. The predicted octanol–water partition coefficient (Wildman–Crippen LogP) is 4.89. The third-order valence-electron chi connectivity index (χ3n) is 5.04. The number of pyridine rings is 1. The van der Waals surface area contributed by atoms with Crippen molar-refractivity contribution in [2.45, 2.75) is 26.2 Å². The number of aromatic nitrogens is 1. The number of nitrogens with one attached hydrogen (secondary N) is 1. The van der Waals surface area contributed by atoms with Gasteiger partial charge in [-0.1, -0.05) is 48.0 Å². The average Bonchev–Trinajstić information content (AvgIpc) is 2.95. The summed E-state index contributed by atoms with van der Waals surface area (Å²) >= 11 is 0. The third-order valence-corrected chi connectivity index (χ3v) is 5.04. The molecule has 0 aliphatic heterocycles. The Labute approximate surface area is 212 Å². The van der Waals surface area contributed by atoms with Gasteiger partial charge in [-0.3, -0.25) is 9.78 Å². The maximum atomic E-state index is 13.2. The van der Waals surface area contributed by atoms with Gasteiger partial charge in [0.1, 0.15) is 6.56 Å². The number of carbonyl (C=O) groups excluding carboxylic acids is 2. The van der Waals surface area contributed by atoms with Crippen molar-refractivity contribution in [1.29, 1.82) is 0 Å². The summed E-state index contributed by atoms with van der Waals surface area (Å²) in [5, 5.41) is 3.89. The molecule has 3 N–H and O–H groups in total. The Bertz CT molecular complexity index is 1720. The van der Waals surface area contributed by atoms with Crippen LogP contribution < -0.4 is 11.1 Å². The van der Waals surface area contributed by atoms with E-state index in [0.29, 0.717) is 16.5 Å². The second kappa shape index (κ2) is 10.3. The Morgan fingerprint density at radius 2 is 1.97 bits per heavy atom. The van der Waals surface area contributed by atoms with Crippen LogP contribution in [0.25, 0.3) is 10.8 Å². The van der Waals surface area contributed by atoms with Gasteiger partial charge in [0.2, 0.25) is 5.91 Å². The van der Waals surface area contributed by atoms with Crippen LogP contribution in [0.15, 0.2) is 79.1 Å². The molecule has 4 rings (SSSR count). The van der Waals surface area contributed by atoms with Crippen LogP contribution in [-0.4, -0.2) is 23.4 Å². The predicted molar refractivity (Wildman–Crippen MR) is 134 cm³/mol. The number of amides is 1. The van der Waals surface area contributed by atoms with E-state index in [4.69, 9.17) is 24.2 Å². The van der Waals surface area contributed by atoms with Gasteiger partial charge in [0, 0.05) is 39.6 Å². The quantitative estimate of drug-likeness (QED) is 0.381. The molecule has 1 atom stereocenters. The normalized spacial score (nSPS) is 18.1. The first kappa shape index (κ1) is 13.6. The summed E-state index contributed by atoms with van der Waals surface area (Å²) in [6.07, 6.45) is 1.54. The summed E-state index contributed by atoms with van der Waals surface area (Å²) in [5.74, 6) is -4.09. The van der Waals surface area contributed by atoms with Gasteiger partial charge in [0.15, 0.2) is 0 Å². The fourth-order valence-corrected chi connectivity index (χ4v) is 3.27. The minimum atomic E-state index is -2.89. The Balaban J connectivity index is 1.56. The molecule has 0 saturated carbocycles. The number of ether oxygens (including phenoxy) is 1. The van der Waals surface area contributed by atoms with Crippen LogP contribution >= 0.6 is 0 Å². The lowest BCUT2D eigenvalue weighted by Gasteiger charge is -2.16. The number of hydrogen-bond acceptors (Lipinski definition) is 5. The van der Waals surface area contributed by atoms with E-state index in [9.17, 15) is 9.59 Å². The molecule has 1 heterocycles. The monoisotopic (exact) mass is 463 g/mol. The molecule has 6 nitrogen and oxygen atoms in total. The topological polar surface area (TPSA) is 94.3 Å². The largest absolute Gasteiger partial charge is 0.457 e. The maximum absolute atomic E-state index is 13.2. The van der Waals surface area contributed by atoms with Gasteiger partial charge in [-0.15, -0.1) is 0 Å². The van der Waals surface area contributed by atoms with E-state index in [1.165, 1.54) is 30.5 Å². The average molecular weight is 464 g/mol. The van der Waals surface area contributed by atoms with Crippen molar-refractivity contribution in [3.8, 4) is 0 Å². The maximum Gasteiger partial charge on any atom is 0.338 e. The van der Waals surface area contributed by atoms with Crippen molar-refractivity contribution in [2.24, 2.45) is 5.73 Å². The van der Waals surface area contributed by atoms with Crippen LogP contribution in [0.2, 0.25) is 0 Å². The Morgan fingerprint density at radius 1 is 1.12 bits per heavy atom. The number of aryl methyl sites for hydroxylation is 2. The highest BCUT2D eigenvalue weighted by atomic mass is 16.5. The summed E-state index contributed by atoms with van der Waals surface area (Å²) in [4.78, 5) is 30.0. The van der Waals surface area contributed by atoms with Gasteiger partial charge in [0.25, 0.3) is 0 Å². The number of rotatable bonds is 7. The fourth-order valence-electron chi connectivity index (χ4n) is 3.27. The number of fused-ring (bicyclic) bond motifs is 1. The second-order valence-electron chi connectivity index (χ2n) is 7.32. The molecule has 0 bridgehead atoms. The van der Waals surface area contributed by atoms with Gasteiger partial charge in [-0.2, -0.15) is 0 Å². The van der Waals surface area contributed by atoms with E-state index in [0.717, 1.165) is 18.2 Å². The van der Waals surface area contributed by atoms with E-state index in [-0.39, 0.29) is 22.9 Å². The smallest absolute Gasteiger partial charge is 0.338 e. The van der Waals surface area contributed by atoms with E-state index < -0.39 is 55.7 Å². The van der Waals surface area contributed by atoms with Gasteiger partial charge >= 0.3 is 5.97 Å². The molecule has 0 unspecified atom stereocenters. The van der Waals surface area contributed by atoms with E-state index >= 15 is 0 Å². The SMILES string of the molecule is [2H]c1nccc2cc(NC(=O)[C@]([2H])(CN)c3ccc(C([2H])([2H])OC(=O)c4ccc(C([2H])([2H])[2H])cc4C([2H])([2H])[2H])cc3)ccc12. The minimum absolute atomic E-state index is 0.0759. The second-order valence-corrected chi connectivity index (χ2v) is 7.32. The van der Waals surface area contributed by atoms with Crippen LogP contribution in [0.4, 0.5) is 5.69 Å². The first-order valence-corrected chi connectivity index (χ1v) is 10.2. The molecule has 172 valence electrons. The lowest BCUT2D eigenvalue weighted by molar-refractivity contribution is -0.117. The summed E-state index contributed by atoms with van der Waals surface area (Å²) in [5.41, 5.74) is 4.71. The van der Waals surface area contributed by atoms with Crippen LogP contribution in [-0.2, 0) is 16.1 Å². The molecular weight excluding hydrogens is 426 g/mol. The van der Waals surface area contributed by atoms with Crippen molar-refractivity contribution in [1.82, 2.24) is 4.98 Å². The van der Waals surface area contributed by atoms with E-state index in [1.54, 1.807) is 24.3 Å². The van der Waals surface area contributed by atoms with Crippen LogP contribution in [0, 0.1) is 13.7 Å². The van der Waals surface area contributed by atoms with Crippen LogP contribution in [0.3, 0.4) is 0 Å². The molecule has 0 radical (unpaired) electrons. The Hall–Kier alpha value is -4.03. The lowest BCUT2D eigenvalue weighted by atomic mass is 9.97. The molecule has 0 fully saturated rings. The molecule has 1 aromatic heterocycles. The number of nitrogens with two attached hydrogens (primary N) is 1. The van der Waals surface area contributed by atoms with Crippen LogP contribution in [0.1, 0.15) is 52.2 Å². The Morgan fingerprint density at radius 3 is 2.74 bits per heavy atom. The number of nitrogens with zero attached hydrogens (tertiary/aromatic N) is 1. The fraction of sp³-hybridized carbons (Fsp3) is 0.179. The first-order valence-electron chi connectivity index (χ1n) is 15.2. The molecule has 0 aliphatic rings. The molecule has 4 aromatic rings. The third kappa shape index (κ3) is 5.30. The summed E-state index contributed by atoms with van der Waals surface area (Å²) < 4.78 is 84.1. The molecule has 0 aliphatic carbocycles. The molecule has 0 saturated heterocycles. The van der Waals surface area contributed by atoms with Crippen molar-refractivity contribution in [3.05, 3.63) is 107 Å². The zero-order valence-corrected chi connectivity index (χ0v) is 17.9. The first-order chi connectivity index (χ1) is 20.4. The van der Waals surface area contributed by atoms with Crippen molar-refractivity contribution in [2.75, 3.05) is 11.9 Å². The zero-order chi connectivity index (χ0) is 32.7. The molecule has 0 spiro atoms. The number of carbonyl (C=O) groups is 2. The number of anilines is 1. The van der Waals surface area contributed by atoms with E-state index in [1.807, 2.05) is 0 Å². The van der Waals surface area contributed by atoms with Gasteiger partial charge in [-0.25, -0.2) is 4.79 Å². The number of hydrogen-bond donors (Lipinski definition) is 2. The van der Waals surface area contributed by atoms with E-state index in [2.05, 4.69) is 10.3 Å². The van der Waals surface area contributed by atoms with Crippen molar-refractivity contribution in [3.63, 3.8) is 0 Å². The van der Waals surface area contributed by atoms with Crippen LogP contribution in [0.5, 0.6) is 0 Å².